The van der Waals surface area contributed by atoms with Crippen molar-refractivity contribution in [3.8, 4) is 5.75 Å². The van der Waals surface area contributed by atoms with Crippen LogP contribution in [-0.2, 0) is 13.2 Å². The molecule has 0 aliphatic carbocycles. The van der Waals surface area contributed by atoms with Crippen molar-refractivity contribution in [2.24, 2.45) is 0 Å². The number of hydrogen-bond donors (Lipinski definition) is 1. The molecule has 2 rings (SSSR count). The maximum atomic E-state index is 5.94. The summed E-state index contributed by atoms with van der Waals surface area (Å²) in [5, 5.41) is 7.65. The fraction of sp³-hybridized carbons (Fsp3) is 0.308. The second-order valence-corrected chi connectivity index (χ2v) is 4.42. The molecular formula is C13H15ClN2O2. The number of aromatic nitrogens is 1. The summed E-state index contributed by atoms with van der Waals surface area (Å²) in [6.07, 6.45) is 0. The lowest BCUT2D eigenvalue weighted by atomic mass is 10.2. The smallest absolute Gasteiger partial charge is 0.174 e. The lowest BCUT2D eigenvalue weighted by Gasteiger charge is -2.05. The van der Waals surface area contributed by atoms with E-state index in [0.29, 0.717) is 18.9 Å². The van der Waals surface area contributed by atoms with Crippen molar-refractivity contribution in [3.05, 3.63) is 46.3 Å². The van der Waals surface area contributed by atoms with Gasteiger partial charge in [-0.05, 0) is 37.7 Å². The van der Waals surface area contributed by atoms with Crippen LogP contribution < -0.4 is 10.1 Å². The molecule has 18 heavy (non-hydrogen) atoms. The lowest BCUT2D eigenvalue weighted by molar-refractivity contribution is 0.248. The standard InChI is InChI=1S/C13H15ClN2O2/c1-9-5-11(3-4-13(9)14)17-8-12-6-10(7-15-2)16-18-12/h3-6,15H,7-8H2,1-2H3. The molecule has 5 heteroatoms. The minimum atomic E-state index is 0.359. The fourth-order valence-electron chi connectivity index (χ4n) is 1.55. The van der Waals surface area contributed by atoms with Crippen molar-refractivity contribution in [1.29, 1.82) is 0 Å². The van der Waals surface area contributed by atoms with Gasteiger partial charge in [-0.25, -0.2) is 0 Å². The predicted octanol–water partition coefficient (Wildman–Crippen LogP) is 2.93. The highest BCUT2D eigenvalue weighted by Crippen LogP contribution is 2.21. The monoisotopic (exact) mass is 266 g/mol. The third kappa shape index (κ3) is 3.24. The van der Waals surface area contributed by atoms with Gasteiger partial charge >= 0.3 is 0 Å². The van der Waals surface area contributed by atoms with Gasteiger partial charge in [0.15, 0.2) is 5.76 Å². The molecule has 0 aliphatic rings. The van der Waals surface area contributed by atoms with E-state index in [1.165, 1.54) is 0 Å². The molecule has 2 aromatic rings. The van der Waals surface area contributed by atoms with Gasteiger partial charge in [-0.1, -0.05) is 16.8 Å². The second kappa shape index (κ2) is 5.89. The van der Waals surface area contributed by atoms with Gasteiger partial charge in [-0.3, -0.25) is 0 Å². The van der Waals surface area contributed by atoms with Crippen molar-refractivity contribution in [3.63, 3.8) is 0 Å². The number of nitrogens with one attached hydrogen (secondary N) is 1. The maximum Gasteiger partial charge on any atom is 0.174 e. The van der Waals surface area contributed by atoms with Crippen molar-refractivity contribution < 1.29 is 9.26 Å². The maximum absolute atomic E-state index is 5.94. The van der Waals surface area contributed by atoms with Crippen LogP contribution in [-0.4, -0.2) is 12.2 Å². The molecule has 1 heterocycles. The Morgan fingerprint density at radius 2 is 2.22 bits per heavy atom. The van der Waals surface area contributed by atoms with Gasteiger partial charge in [0.2, 0.25) is 0 Å². The Bertz CT molecular complexity index is 525. The van der Waals surface area contributed by atoms with Crippen molar-refractivity contribution in [2.45, 2.75) is 20.1 Å². The van der Waals surface area contributed by atoms with Crippen molar-refractivity contribution in [1.82, 2.24) is 10.5 Å². The van der Waals surface area contributed by atoms with Crippen LogP contribution in [0.2, 0.25) is 5.02 Å². The number of halogens is 1. The van der Waals surface area contributed by atoms with E-state index < -0.39 is 0 Å². The molecule has 0 bridgehead atoms. The van der Waals surface area contributed by atoms with Crippen LogP contribution in [0, 0.1) is 6.92 Å². The molecule has 0 spiro atoms. The molecular weight excluding hydrogens is 252 g/mol. The Morgan fingerprint density at radius 3 is 2.94 bits per heavy atom. The third-order valence-corrected chi connectivity index (χ3v) is 2.90. The van der Waals surface area contributed by atoms with E-state index in [9.17, 15) is 0 Å². The molecule has 1 N–H and O–H groups in total. The molecule has 0 amide bonds. The highest BCUT2D eigenvalue weighted by Gasteiger charge is 2.05. The Labute approximate surface area is 111 Å². The van der Waals surface area contributed by atoms with Gasteiger partial charge < -0.3 is 14.6 Å². The first-order valence-corrected chi connectivity index (χ1v) is 6.05. The van der Waals surface area contributed by atoms with E-state index in [1.54, 1.807) is 0 Å². The molecule has 0 atom stereocenters. The third-order valence-electron chi connectivity index (χ3n) is 2.48. The Hall–Kier alpha value is -1.52. The lowest BCUT2D eigenvalue weighted by Crippen LogP contribution is -2.04. The summed E-state index contributed by atoms with van der Waals surface area (Å²) in [4.78, 5) is 0. The molecule has 1 aromatic heterocycles. The van der Waals surface area contributed by atoms with Crippen LogP contribution in [0.25, 0.3) is 0 Å². The topological polar surface area (TPSA) is 47.3 Å². The van der Waals surface area contributed by atoms with Gasteiger partial charge in [-0.15, -0.1) is 0 Å². The van der Waals surface area contributed by atoms with Crippen LogP contribution in [0.15, 0.2) is 28.8 Å². The first-order valence-electron chi connectivity index (χ1n) is 5.67. The minimum Gasteiger partial charge on any atom is -0.486 e. The van der Waals surface area contributed by atoms with Crippen LogP contribution >= 0.6 is 11.6 Å². The Morgan fingerprint density at radius 1 is 1.39 bits per heavy atom. The average Bonchev–Trinajstić information content (AvgIpc) is 2.79. The molecule has 0 radical (unpaired) electrons. The van der Waals surface area contributed by atoms with Crippen molar-refractivity contribution >= 4 is 11.6 Å². The molecule has 0 saturated carbocycles. The van der Waals surface area contributed by atoms with E-state index >= 15 is 0 Å². The van der Waals surface area contributed by atoms with E-state index in [2.05, 4.69) is 10.5 Å². The van der Waals surface area contributed by atoms with E-state index in [-0.39, 0.29) is 0 Å². The Kier molecular flexibility index (Phi) is 4.23. The number of aryl methyl sites for hydroxylation is 1. The molecule has 0 saturated heterocycles. The molecule has 0 unspecified atom stereocenters. The summed E-state index contributed by atoms with van der Waals surface area (Å²) >= 11 is 5.94. The largest absolute Gasteiger partial charge is 0.486 e. The highest BCUT2D eigenvalue weighted by atomic mass is 35.5. The van der Waals surface area contributed by atoms with Gasteiger partial charge in [0.25, 0.3) is 0 Å². The van der Waals surface area contributed by atoms with Gasteiger partial charge in [0.05, 0.1) is 5.69 Å². The van der Waals surface area contributed by atoms with Gasteiger partial charge in [-0.2, -0.15) is 0 Å². The van der Waals surface area contributed by atoms with E-state index in [0.717, 1.165) is 22.0 Å². The summed E-state index contributed by atoms with van der Waals surface area (Å²) in [5.74, 6) is 1.47. The van der Waals surface area contributed by atoms with E-state index in [1.807, 2.05) is 38.2 Å². The summed E-state index contributed by atoms with van der Waals surface area (Å²) in [5.41, 5.74) is 1.85. The molecule has 1 aromatic carbocycles. The zero-order valence-electron chi connectivity index (χ0n) is 10.4. The Balaban J connectivity index is 1.95. The second-order valence-electron chi connectivity index (χ2n) is 4.01. The van der Waals surface area contributed by atoms with Crippen molar-refractivity contribution in [2.75, 3.05) is 7.05 Å². The zero-order valence-corrected chi connectivity index (χ0v) is 11.1. The van der Waals surface area contributed by atoms with E-state index in [4.69, 9.17) is 20.9 Å². The summed E-state index contributed by atoms with van der Waals surface area (Å²) in [6.45, 7) is 2.98. The number of hydrogen-bond acceptors (Lipinski definition) is 4. The quantitative estimate of drug-likeness (QED) is 0.904. The predicted molar refractivity (Wildman–Crippen MR) is 69.8 cm³/mol. The molecule has 4 nitrogen and oxygen atoms in total. The normalized spacial score (nSPS) is 10.6. The SMILES string of the molecule is CNCc1cc(COc2ccc(Cl)c(C)c2)on1. The number of ether oxygens (including phenoxy) is 1. The van der Waals surface area contributed by atoms with Gasteiger partial charge in [0.1, 0.15) is 12.4 Å². The van der Waals surface area contributed by atoms with Crippen LogP contribution in [0.3, 0.4) is 0 Å². The first kappa shape index (κ1) is 12.9. The minimum absolute atomic E-state index is 0.359. The average molecular weight is 267 g/mol. The summed E-state index contributed by atoms with van der Waals surface area (Å²) < 4.78 is 10.8. The van der Waals surface area contributed by atoms with Crippen LogP contribution in [0.1, 0.15) is 17.0 Å². The highest BCUT2D eigenvalue weighted by molar-refractivity contribution is 6.31. The zero-order chi connectivity index (χ0) is 13.0. The summed E-state index contributed by atoms with van der Waals surface area (Å²) in [6, 6.07) is 7.42. The summed E-state index contributed by atoms with van der Waals surface area (Å²) in [7, 11) is 1.86. The number of benzene rings is 1. The van der Waals surface area contributed by atoms with Crippen LogP contribution in [0.5, 0.6) is 5.75 Å². The van der Waals surface area contributed by atoms with Crippen LogP contribution in [0.4, 0.5) is 0 Å². The number of rotatable bonds is 5. The molecule has 96 valence electrons. The first-order chi connectivity index (χ1) is 8.69. The number of nitrogens with zero attached hydrogens (tertiary/aromatic N) is 1. The fourth-order valence-corrected chi connectivity index (χ4v) is 1.67. The molecule has 0 fully saturated rings. The molecule has 0 aliphatic heterocycles. The van der Waals surface area contributed by atoms with Gasteiger partial charge in [0, 0.05) is 17.6 Å².